The fourth-order valence-electron chi connectivity index (χ4n) is 2.27. The van der Waals surface area contributed by atoms with Gasteiger partial charge in [-0.15, -0.1) is 0 Å². The maximum absolute atomic E-state index is 11.9. The molecule has 0 aliphatic heterocycles. The number of amides is 1. The van der Waals surface area contributed by atoms with Gasteiger partial charge in [-0.1, -0.05) is 50.6 Å². The van der Waals surface area contributed by atoms with E-state index < -0.39 is 0 Å². The fourth-order valence-corrected chi connectivity index (χ4v) is 2.27. The van der Waals surface area contributed by atoms with Crippen LogP contribution in [0.4, 0.5) is 11.4 Å². The van der Waals surface area contributed by atoms with E-state index in [1.165, 1.54) is 11.1 Å². The molecular weight excluding hydrogens is 284 g/mol. The average Bonchev–Trinajstić information content (AvgIpc) is 2.49. The van der Waals surface area contributed by atoms with Gasteiger partial charge < -0.3 is 10.6 Å². The van der Waals surface area contributed by atoms with E-state index in [-0.39, 0.29) is 11.3 Å². The van der Waals surface area contributed by atoms with Crippen molar-refractivity contribution in [3.05, 3.63) is 59.7 Å². The molecule has 2 aromatic rings. The molecule has 0 fully saturated rings. The zero-order valence-electron chi connectivity index (χ0n) is 14.4. The zero-order chi connectivity index (χ0) is 16.9. The number of carbonyl (C=O) groups excluding carboxylic acids is 1. The number of hydrogen-bond acceptors (Lipinski definition) is 2. The molecule has 0 unspecified atom stereocenters. The number of aryl methyl sites for hydroxylation is 1. The molecule has 2 rings (SSSR count). The normalized spacial score (nSPS) is 11.1. The summed E-state index contributed by atoms with van der Waals surface area (Å²) in [6, 6.07) is 16.2. The molecule has 3 heteroatoms. The second-order valence-corrected chi connectivity index (χ2v) is 6.92. The highest BCUT2D eigenvalue weighted by Crippen LogP contribution is 2.23. The van der Waals surface area contributed by atoms with Crippen LogP contribution in [-0.4, -0.2) is 12.5 Å². The summed E-state index contributed by atoms with van der Waals surface area (Å²) in [5.74, 6) is 0.0210. The summed E-state index contributed by atoms with van der Waals surface area (Å²) in [4.78, 5) is 11.9. The first-order chi connectivity index (χ1) is 10.8. The second-order valence-electron chi connectivity index (χ2n) is 6.92. The summed E-state index contributed by atoms with van der Waals surface area (Å²) < 4.78 is 0. The summed E-state index contributed by atoms with van der Waals surface area (Å²) in [5.41, 5.74) is 4.53. The largest absolute Gasteiger partial charge is 0.385 e. The summed E-state index contributed by atoms with van der Waals surface area (Å²) in [6.07, 6.45) is 0.439. The number of rotatable bonds is 5. The highest BCUT2D eigenvalue weighted by atomic mass is 16.1. The van der Waals surface area contributed by atoms with Gasteiger partial charge in [0.2, 0.25) is 5.91 Å². The first kappa shape index (κ1) is 17.1. The zero-order valence-corrected chi connectivity index (χ0v) is 14.4. The van der Waals surface area contributed by atoms with Gasteiger partial charge in [0.25, 0.3) is 0 Å². The first-order valence-corrected chi connectivity index (χ1v) is 8.05. The van der Waals surface area contributed by atoms with Crippen molar-refractivity contribution in [2.75, 3.05) is 17.2 Å². The molecule has 0 heterocycles. The second kappa shape index (κ2) is 7.32. The van der Waals surface area contributed by atoms with E-state index >= 15 is 0 Å². The van der Waals surface area contributed by atoms with Crippen LogP contribution < -0.4 is 10.6 Å². The minimum absolute atomic E-state index is 0.0210. The molecule has 23 heavy (non-hydrogen) atoms. The van der Waals surface area contributed by atoms with Gasteiger partial charge in [-0.05, 0) is 42.2 Å². The van der Waals surface area contributed by atoms with Gasteiger partial charge in [0.05, 0.1) is 0 Å². The van der Waals surface area contributed by atoms with Crippen LogP contribution in [0.2, 0.25) is 0 Å². The molecule has 1 amide bonds. The SMILES string of the molecule is Cc1ccc(NC(=O)CCNc2ccc(C(C)(C)C)cc2)cc1. The van der Waals surface area contributed by atoms with Gasteiger partial charge >= 0.3 is 0 Å². The number of benzene rings is 2. The van der Waals surface area contributed by atoms with Crippen LogP contribution >= 0.6 is 0 Å². The maximum Gasteiger partial charge on any atom is 0.226 e. The summed E-state index contributed by atoms with van der Waals surface area (Å²) in [6.45, 7) is 9.24. The predicted octanol–water partition coefficient (Wildman–Crippen LogP) is 4.73. The molecule has 0 aliphatic carbocycles. The molecule has 0 atom stereocenters. The Morgan fingerprint density at radius 3 is 2.04 bits per heavy atom. The molecule has 122 valence electrons. The van der Waals surface area contributed by atoms with Crippen LogP contribution in [0.5, 0.6) is 0 Å². The number of carbonyl (C=O) groups is 1. The smallest absolute Gasteiger partial charge is 0.226 e. The standard InChI is InChI=1S/C20H26N2O/c1-15-5-9-18(10-6-15)22-19(23)13-14-21-17-11-7-16(8-12-17)20(2,3)4/h5-12,21H,13-14H2,1-4H3,(H,22,23). The van der Waals surface area contributed by atoms with Gasteiger partial charge in [-0.3, -0.25) is 4.79 Å². The average molecular weight is 310 g/mol. The monoisotopic (exact) mass is 310 g/mol. The van der Waals surface area contributed by atoms with Crippen molar-refractivity contribution >= 4 is 17.3 Å². The number of hydrogen-bond donors (Lipinski definition) is 2. The van der Waals surface area contributed by atoms with Crippen LogP contribution in [0.3, 0.4) is 0 Å². The van der Waals surface area contributed by atoms with Gasteiger partial charge in [0.15, 0.2) is 0 Å². The molecule has 0 radical (unpaired) electrons. The maximum atomic E-state index is 11.9. The summed E-state index contributed by atoms with van der Waals surface area (Å²) in [5, 5.41) is 6.19. The molecule has 3 nitrogen and oxygen atoms in total. The van der Waals surface area contributed by atoms with E-state index in [0.717, 1.165) is 11.4 Å². The lowest BCUT2D eigenvalue weighted by Gasteiger charge is -2.19. The number of nitrogens with one attached hydrogen (secondary N) is 2. The third kappa shape index (κ3) is 5.44. The lowest BCUT2D eigenvalue weighted by molar-refractivity contribution is -0.115. The van der Waals surface area contributed by atoms with Crippen molar-refractivity contribution in [2.24, 2.45) is 0 Å². The molecule has 0 saturated carbocycles. The Morgan fingerprint density at radius 1 is 0.913 bits per heavy atom. The Hall–Kier alpha value is -2.29. The quantitative estimate of drug-likeness (QED) is 0.838. The van der Waals surface area contributed by atoms with Crippen LogP contribution in [0, 0.1) is 6.92 Å². The molecular formula is C20H26N2O. The topological polar surface area (TPSA) is 41.1 Å². The third-order valence-corrected chi connectivity index (χ3v) is 3.77. The van der Waals surface area contributed by atoms with E-state index in [9.17, 15) is 4.79 Å². The summed E-state index contributed by atoms with van der Waals surface area (Å²) in [7, 11) is 0. The molecule has 0 aliphatic rings. The van der Waals surface area contributed by atoms with Gasteiger partial charge in [-0.25, -0.2) is 0 Å². The lowest BCUT2D eigenvalue weighted by Crippen LogP contribution is -2.16. The van der Waals surface area contributed by atoms with Crippen molar-refractivity contribution in [1.82, 2.24) is 0 Å². The predicted molar refractivity (Wildman–Crippen MR) is 98.1 cm³/mol. The Labute approximate surface area is 139 Å². The lowest BCUT2D eigenvalue weighted by atomic mass is 9.87. The van der Waals surface area contributed by atoms with E-state index in [0.29, 0.717) is 13.0 Å². The van der Waals surface area contributed by atoms with Crippen molar-refractivity contribution < 1.29 is 4.79 Å². The van der Waals surface area contributed by atoms with Gasteiger partial charge in [-0.2, -0.15) is 0 Å². The minimum Gasteiger partial charge on any atom is -0.385 e. The van der Waals surface area contributed by atoms with E-state index in [2.05, 4.69) is 55.7 Å². The third-order valence-electron chi connectivity index (χ3n) is 3.77. The Morgan fingerprint density at radius 2 is 1.48 bits per heavy atom. The van der Waals surface area contributed by atoms with Crippen molar-refractivity contribution in [3.63, 3.8) is 0 Å². The molecule has 0 saturated heterocycles. The van der Waals surface area contributed by atoms with Crippen molar-refractivity contribution in [2.45, 2.75) is 39.5 Å². The Balaban J connectivity index is 1.78. The minimum atomic E-state index is 0.0210. The first-order valence-electron chi connectivity index (χ1n) is 8.05. The van der Waals surface area contributed by atoms with Crippen LogP contribution in [0.15, 0.2) is 48.5 Å². The van der Waals surface area contributed by atoms with Gasteiger partial charge in [0.1, 0.15) is 0 Å². The Kier molecular flexibility index (Phi) is 5.43. The van der Waals surface area contributed by atoms with E-state index in [4.69, 9.17) is 0 Å². The van der Waals surface area contributed by atoms with Crippen molar-refractivity contribution in [3.8, 4) is 0 Å². The van der Waals surface area contributed by atoms with Crippen LogP contribution in [-0.2, 0) is 10.2 Å². The Bertz CT molecular complexity index is 637. The van der Waals surface area contributed by atoms with Crippen molar-refractivity contribution in [1.29, 1.82) is 0 Å². The van der Waals surface area contributed by atoms with E-state index in [1.54, 1.807) is 0 Å². The molecule has 2 N–H and O–H groups in total. The molecule has 0 bridgehead atoms. The molecule has 0 aromatic heterocycles. The van der Waals surface area contributed by atoms with Crippen LogP contribution in [0.25, 0.3) is 0 Å². The molecule has 0 spiro atoms. The highest BCUT2D eigenvalue weighted by Gasteiger charge is 2.12. The van der Waals surface area contributed by atoms with Crippen LogP contribution in [0.1, 0.15) is 38.3 Å². The molecule has 2 aromatic carbocycles. The summed E-state index contributed by atoms with van der Waals surface area (Å²) >= 11 is 0. The highest BCUT2D eigenvalue weighted by molar-refractivity contribution is 5.90. The van der Waals surface area contributed by atoms with E-state index in [1.807, 2.05) is 31.2 Å². The van der Waals surface area contributed by atoms with Gasteiger partial charge in [0, 0.05) is 24.3 Å². The fraction of sp³-hybridized carbons (Fsp3) is 0.350. The number of anilines is 2.